The molecule has 6 nitrogen and oxygen atoms in total. The Bertz CT molecular complexity index is 377. The van der Waals surface area contributed by atoms with Gasteiger partial charge in [0, 0.05) is 6.42 Å². The van der Waals surface area contributed by atoms with Gasteiger partial charge in [-0.1, -0.05) is 45.4 Å². The number of ketones is 2. The molecule has 134 valence electrons. The summed E-state index contributed by atoms with van der Waals surface area (Å²) in [6.45, 7) is 3.42. The number of carbonyl (C=O) groups excluding carboxylic acids is 3. The molecule has 1 unspecified atom stereocenters. The summed E-state index contributed by atoms with van der Waals surface area (Å²) in [4.78, 5) is 35.4. The van der Waals surface area contributed by atoms with Crippen LogP contribution in [0.3, 0.4) is 0 Å². The first kappa shape index (κ1) is 21.7. The number of ether oxygens (including phenoxy) is 1. The van der Waals surface area contributed by atoms with E-state index >= 15 is 0 Å². The molecular formula is C17H30O6. The molecule has 0 bridgehead atoms. The molecule has 6 heteroatoms. The molecule has 0 aliphatic carbocycles. The van der Waals surface area contributed by atoms with Gasteiger partial charge in [0.05, 0.1) is 6.61 Å². The summed E-state index contributed by atoms with van der Waals surface area (Å²) in [5.41, 5.74) is -2.30. The second-order valence-corrected chi connectivity index (χ2v) is 5.89. The fourth-order valence-corrected chi connectivity index (χ4v) is 2.51. The summed E-state index contributed by atoms with van der Waals surface area (Å²) >= 11 is 0. The van der Waals surface area contributed by atoms with Crippen LogP contribution in [-0.4, -0.2) is 46.1 Å². The summed E-state index contributed by atoms with van der Waals surface area (Å²) < 4.78 is 5.01. The van der Waals surface area contributed by atoms with Crippen LogP contribution in [0.1, 0.15) is 72.1 Å². The van der Waals surface area contributed by atoms with Crippen molar-refractivity contribution in [1.29, 1.82) is 0 Å². The van der Waals surface area contributed by atoms with E-state index in [2.05, 4.69) is 6.92 Å². The highest BCUT2D eigenvalue weighted by molar-refractivity contribution is 6.10. The second kappa shape index (κ2) is 11.3. The van der Waals surface area contributed by atoms with Crippen LogP contribution in [-0.2, 0) is 19.1 Å². The molecule has 0 rings (SSSR count). The van der Waals surface area contributed by atoms with Crippen LogP contribution in [0.15, 0.2) is 0 Å². The average molecular weight is 330 g/mol. The van der Waals surface area contributed by atoms with Crippen molar-refractivity contribution < 1.29 is 29.3 Å². The molecule has 0 heterocycles. The van der Waals surface area contributed by atoms with E-state index in [1.54, 1.807) is 0 Å². The van der Waals surface area contributed by atoms with Crippen LogP contribution in [0.5, 0.6) is 0 Å². The molecule has 0 saturated carbocycles. The highest BCUT2D eigenvalue weighted by Crippen LogP contribution is 2.21. The van der Waals surface area contributed by atoms with Crippen molar-refractivity contribution in [2.75, 3.05) is 6.61 Å². The first-order valence-corrected chi connectivity index (χ1v) is 8.35. The zero-order valence-electron chi connectivity index (χ0n) is 14.5. The number of esters is 1. The van der Waals surface area contributed by atoms with Crippen LogP contribution < -0.4 is 0 Å². The predicted molar refractivity (Wildman–Crippen MR) is 85.9 cm³/mol. The summed E-state index contributed by atoms with van der Waals surface area (Å²) in [5.74, 6) is -2.30. The molecule has 0 fully saturated rings. The quantitative estimate of drug-likeness (QED) is 0.304. The average Bonchev–Trinajstić information content (AvgIpc) is 2.50. The third-order valence-electron chi connectivity index (χ3n) is 3.95. The van der Waals surface area contributed by atoms with Gasteiger partial charge in [-0.2, -0.15) is 0 Å². The number of aliphatic hydroxyl groups is 2. The number of carbonyl (C=O) groups is 3. The van der Waals surface area contributed by atoms with E-state index in [4.69, 9.17) is 9.84 Å². The fraction of sp³-hybridized carbons (Fsp3) is 0.824. The van der Waals surface area contributed by atoms with Crippen LogP contribution in [0.2, 0.25) is 0 Å². The molecule has 2 N–H and O–H groups in total. The molecule has 0 amide bonds. The Morgan fingerprint density at radius 3 is 1.87 bits per heavy atom. The van der Waals surface area contributed by atoms with Gasteiger partial charge in [-0.25, -0.2) is 0 Å². The van der Waals surface area contributed by atoms with E-state index < -0.39 is 35.8 Å². The number of hydrogen-bond donors (Lipinski definition) is 2. The van der Waals surface area contributed by atoms with Crippen molar-refractivity contribution in [3.8, 4) is 0 Å². The maximum Gasteiger partial charge on any atom is 0.307 e. The first-order valence-electron chi connectivity index (χ1n) is 8.35. The van der Waals surface area contributed by atoms with Crippen molar-refractivity contribution in [2.24, 2.45) is 0 Å². The maximum atomic E-state index is 11.9. The Labute approximate surface area is 138 Å². The number of Topliss-reactive ketones (excluding diaryl/α,β-unsaturated/α-hetero) is 2. The van der Waals surface area contributed by atoms with Gasteiger partial charge in [0.1, 0.15) is 6.10 Å². The van der Waals surface area contributed by atoms with Crippen molar-refractivity contribution >= 4 is 17.5 Å². The van der Waals surface area contributed by atoms with Gasteiger partial charge < -0.3 is 14.9 Å². The highest BCUT2D eigenvalue weighted by Gasteiger charge is 2.50. The monoisotopic (exact) mass is 330 g/mol. The van der Waals surface area contributed by atoms with E-state index in [1.807, 2.05) is 0 Å². The van der Waals surface area contributed by atoms with Crippen molar-refractivity contribution in [3.63, 3.8) is 0 Å². The van der Waals surface area contributed by atoms with Crippen LogP contribution in [0, 0.1) is 0 Å². The van der Waals surface area contributed by atoms with Crippen LogP contribution in [0.4, 0.5) is 0 Å². The lowest BCUT2D eigenvalue weighted by molar-refractivity contribution is -0.186. The maximum absolute atomic E-state index is 11.9. The van der Waals surface area contributed by atoms with Crippen molar-refractivity contribution in [1.82, 2.24) is 0 Å². The van der Waals surface area contributed by atoms with Crippen molar-refractivity contribution in [2.45, 2.75) is 83.8 Å². The first-order chi connectivity index (χ1) is 10.8. The molecule has 0 aromatic carbocycles. The van der Waals surface area contributed by atoms with Crippen LogP contribution in [0.25, 0.3) is 0 Å². The van der Waals surface area contributed by atoms with Gasteiger partial charge in [-0.3, -0.25) is 14.4 Å². The summed E-state index contributed by atoms with van der Waals surface area (Å²) in [6, 6.07) is 0. The SMILES string of the molecule is CCCCCCCCCC(=O)OC(C(C)=O)(C(C)=O)C(O)CO. The minimum absolute atomic E-state index is 0.0776. The highest BCUT2D eigenvalue weighted by atomic mass is 16.6. The normalized spacial score (nSPS) is 12.7. The molecule has 0 aromatic rings. The Hall–Kier alpha value is -1.27. The number of unbranched alkanes of at least 4 members (excludes halogenated alkanes) is 6. The molecule has 0 spiro atoms. The van der Waals surface area contributed by atoms with Gasteiger partial charge >= 0.3 is 5.97 Å². The summed E-state index contributed by atoms with van der Waals surface area (Å²) in [5, 5.41) is 18.8. The lowest BCUT2D eigenvalue weighted by Gasteiger charge is -2.31. The Kier molecular flexibility index (Phi) is 10.7. The summed E-state index contributed by atoms with van der Waals surface area (Å²) in [6.07, 6.45) is 5.51. The Morgan fingerprint density at radius 2 is 1.43 bits per heavy atom. The molecule has 0 aliphatic rings. The number of aliphatic hydroxyl groups excluding tert-OH is 2. The molecular weight excluding hydrogens is 300 g/mol. The van der Waals surface area contributed by atoms with E-state index in [0.717, 1.165) is 33.1 Å². The zero-order chi connectivity index (χ0) is 17.9. The third kappa shape index (κ3) is 6.79. The van der Waals surface area contributed by atoms with Gasteiger partial charge in [0.25, 0.3) is 5.60 Å². The number of rotatable bonds is 13. The second-order valence-electron chi connectivity index (χ2n) is 5.89. The summed E-state index contributed by atoms with van der Waals surface area (Å²) in [7, 11) is 0. The lowest BCUT2D eigenvalue weighted by Crippen LogP contribution is -2.58. The molecule has 0 aliphatic heterocycles. The fourth-order valence-electron chi connectivity index (χ4n) is 2.51. The molecule has 23 heavy (non-hydrogen) atoms. The van der Waals surface area contributed by atoms with E-state index in [9.17, 15) is 19.5 Å². The molecule has 0 aromatic heterocycles. The molecule has 1 atom stereocenters. The zero-order valence-corrected chi connectivity index (χ0v) is 14.5. The molecule has 0 radical (unpaired) electrons. The standard InChI is InChI=1S/C17H30O6/c1-4-5-6-7-8-9-10-11-16(22)23-17(13(2)19,14(3)20)15(21)12-18/h15,18,21H,4-12H2,1-3H3. The van der Waals surface area contributed by atoms with Gasteiger partial charge in [0.15, 0.2) is 11.6 Å². The van der Waals surface area contributed by atoms with Crippen molar-refractivity contribution in [3.05, 3.63) is 0 Å². The topological polar surface area (TPSA) is 101 Å². The van der Waals surface area contributed by atoms with Gasteiger partial charge in [-0.15, -0.1) is 0 Å². The minimum Gasteiger partial charge on any atom is -0.440 e. The Balaban J connectivity index is 4.46. The predicted octanol–water partition coefficient (Wildman–Crippen LogP) is 1.94. The van der Waals surface area contributed by atoms with E-state index in [-0.39, 0.29) is 6.42 Å². The largest absolute Gasteiger partial charge is 0.440 e. The number of hydrogen-bond acceptors (Lipinski definition) is 6. The third-order valence-corrected chi connectivity index (χ3v) is 3.95. The minimum atomic E-state index is -2.30. The van der Waals surface area contributed by atoms with Crippen LogP contribution >= 0.6 is 0 Å². The smallest absolute Gasteiger partial charge is 0.307 e. The lowest BCUT2D eigenvalue weighted by atomic mass is 9.88. The Morgan fingerprint density at radius 1 is 0.957 bits per heavy atom. The van der Waals surface area contributed by atoms with E-state index in [1.165, 1.54) is 19.3 Å². The van der Waals surface area contributed by atoms with Gasteiger partial charge in [0.2, 0.25) is 0 Å². The molecule has 0 saturated heterocycles. The van der Waals surface area contributed by atoms with E-state index in [0.29, 0.717) is 6.42 Å². The van der Waals surface area contributed by atoms with Gasteiger partial charge in [-0.05, 0) is 20.3 Å².